The monoisotopic (exact) mass is 246 g/mol. The van der Waals surface area contributed by atoms with E-state index in [9.17, 15) is 0 Å². The minimum absolute atomic E-state index is 0.432. The lowest BCUT2D eigenvalue weighted by atomic mass is 9.68. The summed E-state index contributed by atoms with van der Waals surface area (Å²) < 4.78 is 0. The molecule has 0 aromatic rings. The van der Waals surface area contributed by atoms with Crippen molar-refractivity contribution in [2.75, 3.05) is 0 Å². The Balaban J connectivity index is 4.69. The molecule has 0 aliphatic heterocycles. The molecule has 0 heterocycles. The molecule has 0 saturated heterocycles. The Bertz CT molecular complexity index is 280. The van der Waals surface area contributed by atoms with Crippen molar-refractivity contribution >= 4 is 0 Å². The lowest BCUT2D eigenvalue weighted by Crippen LogP contribution is -2.26. The Hall–Kier alpha value is -1.04. The summed E-state index contributed by atoms with van der Waals surface area (Å²) in [7, 11) is 0. The highest BCUT2D eigenvalue weighted by Gasteiger charge is 2.30. The minimum Gasteiger partial charge on any atom is -0.103 e. The molecule has 0 aromatic heterocycles. The van der Waals surface area contributed by atoms with Gasteiger partial charge in [0.05, 0.1) is 0 Å². The average Bonchev–Trinajstić information content (AvgIpc) is 2.35. The van der Waals surface area contributed by atoms with Crippen LogP contribution in [0.1, 0.15) is 52.9 Å². The topological polar surface area (TPSA) is 0 Å². The Kier molecular flexibility index (Phi) is 9.36. The van der Waals surface area contributed by atoms with Crippen molar-refractivity contribution in [2.45, 2.75) is 52.9 Å². The molecule has 0 bridgehead atoms. The molecule has 0 nitrogen and oxygen atoms in total. The summed E-state index contributed by atoms with van der Waals surface area (Å²) in [5, 5.41) is 0. The molecule has 0 spiro atoms. The van der Waals surface area contributed by atoms with Gasteiger partial charge in [-0.05, 0) is 37.0 Å². The van der Waals surface area contributed by atoms with Crippen molar-refractivity contribution in [3.8, 4) is 0 Å². The highest BCUT2D eigenvalue weighted by molar-refractivity contribution is 5.09. The van der Waals surface area contributed by atoms with Gasteiger partial charge in [0.25, 0.3) is 0 Å². The molecule has 18 heavy (non-hydrogen) atoms. The van der Waals surface area contributed by atoms with Gasteiger partial charge in [-0.3, -0.25) is 0 Å². The molecule has 0 amide bonds. The fourth-order valence-electron chi connectivity index (χ4n) is 2.55. The maximum atomic E-state index is 3.86. The zero-order chi connectivity index (χ0) is 13.9. The first-order chi connectivity index (χ1) is 8.63. The van der Waals surface area contributed by atoms with Crippen LogP contribution in [0.25, 0.3) is 0 Å². The van der Waals surface area contributed by atoms with E-state index in [-0.39, 0.29) is 0 Å². The normalized spacial score (nSPS) is 15.3. The Morgan fingerprint density at radius 3 is 2.28 bits per heavy atom. The first-order valence-electron chi connectivity index (χ1n) is 7.18. The van der Waals surface area contributed by atoms with Crippen LogP contribution < -0.4 is 0 Å². The van der Waals surface area contributed by atoms with Gasteiger partial charge in [0.1, 0.15) is 0 Å². The quantitative estimate of drug-likeness (QED) is 0.323. The Morgan fingerprint density at radius 2 is 1.78 bits per heavy atom. The van der Waals surface area contributed by atoms with Gasteiger partial charge in [0.15, 0.2) is 0 Å². The zero-order valence-corrected chi connectivity index (χ0v) is 12.5. The van der Waals surface area contributed by atoms with Crippen LogP contribution in [0.15, 0.2) is 49.6 Å². The van der Waals surface area contributed by atoms with E-state index in [0.29, 0.717) is 11.3 Å². The molecule has 0 aliphatic rings. The van der Waals surface area contributed by atoms with E-state index in [1.54, 1.807) is 0 Å². The second kappa shape index (κ2) is 9.94. The average molecular weight is 246 g/mol. The van der Waals surface area contributed by atoms with E-state index in [1.165, 1.54) is 19.3 Å². The van der Waals surface area contributed by atoms with E-state index in [4.69, 9.17) is 0 Å². The van der Waals surface area contributed by atoms with Crippen LogP contribution in [-0.2, 0) is 0 Å². The third kappa shape index (κ3) is 6.05. The minimum atomic E-state index is 0.432. The predicted molar refractivity (Wildman–Crippen MR) is 84.7 cm³/mol. The van der Waals surface area contributed by atoms with Gasteiger partial charge < -0.3 is 0 Å². The van der Waals surface area contributed by atoms with Crippen molar-refractivity contribution in [1.29, 1.82) is 0 Å². The number of hydrogen-bond acceptors (Lipinski definition) is 0. The molecule has 0 aliphatic carbocycles. The molecule has 0 fully saturated rings. The fourth-order valence-corrected chi connectivity index (χ4v) is 2.55. The maximum absolute atomic E-state index is 3.86. The van der Waals surface area contributed by atoms with Gasteiger partial charge in [-0.25, -0.2) is 0 Å². The predicted octanol–water partition coefficient (Wildman–Crippen LogP) is 6.08. The van der Waals surface area contributed by atoms with Gasteiger partial charge in [0.2, 0.25) is 0 Å². The van der Waals surface area contributed by atoms with E-state index in [0.717, 1.165) is 12.8 Å². The van der Waals surface area contributed by atoms with Crippen LogP contribution in [0, 0.1) is 11.3 Å². The maximum Gasteiger partial charge on any atom is -0.0237 e. The molecule has 0 aromatic carbocycles. The van der Waals surface area contributed by atoms with Crippen LogP contribution in [0.4, 0.5) is 0 Å². The van der Waals surface area contributed by atoms with Crippen LogP contribution in [0.3, 0.4) is 0 Å². The van der Waals surface area contributed by atoms with Crippen molar-refractivity contribution in [2.24, 2.45) is 11.3 Å². The number of rotatable bonds is 10. The van der Waals surface area contributed by atoms with Gasteiger partial charge in [-0.15, -0.1) is 6.58 Å². The van der Waals surface area contributed by atoms with Gasteiger partial charge in [-0.2, -0.15) is 0 Å². The summed E-state index contributed by atoms with van der Waals surface area (Å²) in [6.45, 7) is 14.5. The van der Waals surface area contributed by atoms with Gasteiger partial charge in [0, 0.05) is 0 Å². The van der Waals surface area contributed by atoms with Crippen LogP contribution >= 0.6 is 0 Å². The molecule has 102 valence electrons. The number of allylic oxidation sites excluding steroid dienone is 6. The molecule has 0 heteroatoms. The third-order valence-electron chi connectivity index (χ3n) is 3.84. The second-order valence-electron chi connectivity index (χ2n) is 5.35. The first kappa shape index (κ1) is 17.0. The van der Waals surface area contributed by atoms with Crippen LogP contribution in [0.2, 0.25) is 0 Å². The standard InChI is InChI=1S/C18H30/c1-6-9-11-12-13-16-18(14-8-3,17(4)5)15-10-7-2/h6-7,9,11-13,17H,1-2,8,10,14-16H2,3-5H3/b11-9-,13-12-. The molecule has 1 unspecified atom stereocenters. The SMILES string of the molecule is C=C/C=C\C=C/CC(CCC)(CCC=C)C(C)C. The lowest BCUT2D eigenvalue weighted by molar-refractivity contribution is 0.156. The highest BCUT2D eigenvalue weighted by Crippen LogP contribution is 2.41. The molecule has 1 atom stereocenters. The highest BCUT2D eigenvalue weighted by atomic mass is 14.3. The molecular formula is C18H30. The van der Waals surface area contributed by atoms with E-state index in [2.05, 4.69) is 52.2 Å². The molecule has 0 radical (unpaired) electrons. The molecule has 0 rings (SSSR count). The Labute approximate surface area is 114 Å². The summed E-state index contributed by atoms with van der Waals surface area (Å²) in [4.78, 5) is 0. The van der Waals surface area contributed by atoms with Crippen LogP contribution in [-0.4, -0.2) is 0 Å². The van der Waals surface area contributed by atoms with Gasteiger partial charge in [-0.1, -0.05) is 70.2 Å². The van der Waals surface area contributed by atoms with Crippen molar-refractivity contribution in [3.05, 3.63) is 49.6 Å². The largest absolute Gasteiger partial charge is 0.103 e. The fraction of sp³-hybridized carbons (Fsp3) is 0.556. The summed E-state index contributed by atoms with van der Waals surface area (Å²) in [6.07, 6.45) is 18.4. The van der Waals surface area contributed by atoms with E-state index in [1.807, 2.05) is 18.2 Å². The van der Waals surface area contributed by atoms with Gasteiger partial charge >= 0.3 is 0 Å². The van der Waals surface area contributed by atoms with Crippen LogP contribution in [0.5, 0.6) is 0 Å². The summed E-state index contributed by atoms with van der Waals surface area (Å²) in [5.74, 6) is 0.713. The molecule has 0 saturated carbocycles. The zero-order valence-electron chi connectivity index (χ0n) is 12.5. The first-order valence-corrected chi connectivity index (χ1v) is 7.18. The smallest absolute Gasteiger partial charge is 0.0237 e. The molecular weight excluding hydrogens is 216 g/mol. The van der Waals surface area contributed by atoms with E-state index < -0.39 is 0 Å². The van der Waals surface area contributed by atoms with Crippen molar-refractivity contribution < 1.29 is 0 Å². The Morgan fingerprint density at radius 1 is 1.06 bits per heavy atom. The van der Waals surface area contributed by atoms with Crippen molar-refractivity contribution in [3.63, 3.8) is 0 Å². The lowest BCUT2D eigenvalue weighted by Gasteiger charge is -2.37. The number of hydrogen-bond donors (Lipinski definition) is 0. The summed E-state index contributed by atoms with van der Waals surface area (Å²) >= 11 is 0. The summed E-state index contributed by atoms with van der Waals surface area (Å²) in [6, 6.07) is 0. The third-order valence-corrected chi connectivity index (χ3v) is 3.84. The second-order valence-corrected chi connectivity index (χ2v) is 5.35. The van der Waals surface area contributed by atoms with E-state index >= 15 is 0 Å². The molecule has 0 N–H and O–H groups in total. The summed E-state index contributed by atoms with van der Waals surface area (Å²) in [5.41, 5.74) is 0.432. The van der Waals surface area contributed by atoms with Crippen molar-refractivity contribution in [1.82, 2.24) is 0 Å².